The van der Waals surface area contributed by atoms with E-state index in [0.717, 1.165) is 44.8 Å². The van der Waals surface area contributed by atoms with Crippen LogP contribution in [0.2, 0.25) is 0 Å². The van der Waals surface area contributed by atoms with Crippen LogP contribution in [0.15, 0.2) is 18.2 Å². The molecule has 1 aromatic rings. The molecule has 1 aliphatic heterocycles. The zero-order valence-corrected chi connectivity index (χ0v) is 13.2. The maximum absolute atomic E-state index is 5.61. The van der Waals surface area contributed by atoms with Gasteiger partial charge in [-0.15, -0.1) is 0 Å². The lowest BCUT2D eigenvalue weighted by atomic mass is 10.0. The van der Waals surface area contributed by atoms with Gasteiger partial charge < -0.3 is 19.5 Å². The third-order valence-electron chi connectivity index (χ3n) is 3.74. The van der Waals surface area contributed by atoms with Crippen LogP contribution in [0.4, 0.5) is 0 Å². The molecule has 4 heteroatoms. The molecule has 1 aliphatic rings. The summed E-state index contributed by atoms with van der Waals surface area (Å²) in [5.74, 6) is 1.05. The second kappa shape index (κ2) is 9.03. The van der Waals surface area contributed by atoms with Crippen molar-refractivity contribution in [1.82, 2.24) is 5.32 Å². The molecule has 0 saturated heterocycles. The molecule has 4 nitrogen and oxygen atoms in total. The summed E-state index contributed by atoms with van der Waals surface area (Å²) < 4.78 is 16.2. The molecule has 1 atom stereocenters. The topological polar surface area (TPSA) is 39.7 Å². The third-order valence-corrected chi connectivity index (χ3v) is 3.74. The lowest BCUT2D eigenvalue weighted by Gasteiger charge is -2.19. The number of rotatable bonds is 10. The highest BCUT2D eigenvalue weighted by atomic mass is 16.5. The van der Waals surface area contributed by atoms with E-state index >= 15 is 0 Å². The molecule has 0 aromatic heterocycles. The van der Waals surface area contributed by atoms with Crippen LogP contribution >= 0.6 is 0 Å². The molecule has 0 spiro atoms. The predicted octanol–water partition coefficient (Wildman–Crippen LogP) is 2.72. The van der Waals surface area contributed by atoms with Gasteiger partial charge in [0.2, 0.25) is 0 Å². The lowest BCUT2D eigenvalue weighted by Crippen LogP contribution is -2.24. The van der Waals surface area contributed by atoms with Crippen LogP contribution in [0.3, 0.4) is 0 Å². The fourth-order valence-corrected chi connectivity index (χ4v) is 2.57. The number of methoxy groups -OCH3 is 1. The SMILES string of the molecule is CCCNC(CCOCCOC)c1ccc2c(c1)CCO2. The van der Waals surface area contributed by atoms with Gasteiger partial charge in [0.25, 0.3) is 0 Å². The minimum Gasteiger partial charge on any atom is -0.493 e. The minimum atomic E-state index is 0.346. The van der Waals surface area contributed by atoms with Gasteiger partial charge in [-0.05, 0) is 36.6 Å². The van der Waals surface area contributed by atoms with E-state index in [4.69, 9.17) is 14.2 Å². The molecule has 0 bridgehead atoms. The van der Waals surface area contributed by atoms with Crippen LogP contribution in [0, 0.1) is 0 Å². The summed E-state index contributed by atoms with van der Waals surface area (Å²) in [6.07, 6.45) is 3.13. The van der Waals surface area contributed by atoms with E-state index in [1.807, 2.05) is 0 Å². The standard InChI is InChI=1S/C17H27NO3/c1-3-8-18-16(7-9-20-12-11-19-2)14-4-5-17-15(13-14)6-10-21-17/h4-5,13,16,18H,3,6-12H2,1-2H3. The van der Waals surface area contributed by atoms with Gasteiger partial charge in [0.1, 0.15) is 5.75 Å². The van der Waals surface area contributed by atoms with Crippen molar-refractivity contribution in [3.63, 3.8) is 0 Å². The van der Waals surface area contributed by atoms with Crippen molar-refractivity contribution >= 4 is 0 Å². The Morgan fingerprint density at radius 1 is 1.29 bits per heavy atom. The summed E-state index contributed by atoms with van der Waals surface area (Å²) in [6, 6.07) is 6.90. The van der Waals surface area contributed by atoms with Gasteiger partial charge in [0.15, 0.2) is 0 Å². The summed E-state index contributed by atoms with van der Waals surface area (Å²) in [5.41, 5.74) is 2.67. The first-order valence-corrected chi connectivity index (χ1v) is 7.90. The number of benzene rings is 1. The highest BCUT2D eigenvalue weighted by molar-refractivity contribution is 5.40. The predicted molar refractivity (Wildman–Crippen MR) is 84.0 cm³/mol. The first-order valence-electron chi connectivity index (χ1n) is 7.90. The van der Waals surface area contributed by atoms with Crippen molar-refractivity contribution in [2.24, 2.45) is 0 Å². The van der Waals surface area contributed by atoms with Crippen molar-refractivity contribution < 1.29 is 14.2 Å². The lowest BCUT2D eigenvalue weighted by molar-refractivity contribution is 0.0657. The van der Waals surface area contributed by atoms with Crippen LogP contribution in [-0.2, 0) is 15.9 Å². The molecule has 0 aliphatic carbocycles. The van der Waals surface area contributed by atoms with E-state index in [1.165, 1.54) is 11.1 Å². The molecular formula is C17H27NO3. The van der Waals surface area contributed by atoms with Crippen molar-refractivity contribution in [3.05, 3.63) is 29.3 Å². The van der Waals surface area contributed by atoms with Gasteiger partial charge >= 0.3 is 0 Å². The molecule has 2 rings (SSSR count). The summed E-state index contributed by atoms with van der Waals surface area (Å²) in [7, 11) is 1.70. The monoisotopic (exact) mass is 293 g/mol. The fourth-order valence-electron chi connectivity index (χ4n) is 2.57. The molecule has 0 amide bonds. The first kappa shape index (κ1) is 16.3. The van der Waals surface area contributed by atoms with Gasteiger partial charge in [0, 0.05) is 26.2 Å². The van der Waals surface area contributed by atoms with Crippen molar-refractivity contribution in [2.75, 3.05) is 40.1 Å². The Balaban J connectivity index is 1.91. The molecule has 0 saturated carbocycles. The molecule has 1 N–H and O–H groups in total. The van der Waals surface area contributed by atoms with E-state index in [0.29, 0.717) is 19.3 Å². The zero-order valence-electron chi connectivity index (χ0n) is 13.2. The van der Waals surface area contributed by atoms with E-state index < -0.39 is 0 Å². The molecule has 1 heterocycles. The molecule has 21 heavy (non-hydrogen) atoms. The van der Waals surface area contributed by atoms with Crippen molar-refractivity contribution in [3.8, 4) is 5.75 Å². The van der Waals surface area contributed by atoms with E-state index in [1.54, 1.807) is 7.11 Å². The average Bonchev–Trinajstić information content (AvgIpc) is 2.97. The Hall–Kier alpha value is -1.10. The van der Waals surface area contributed by atoms with E-state index in [2.05, 4.69) is 30.4 Å². The minimum absolute atomic E-state index is 0.346. The summed E-state index contributed by atoms with van der Waals surface area (Å²) in [5, 5.41) is 3.62. The molecule has 1 unspecified atom stereocenters. The molecule has 0 radical (unpaired) electrons. The molecule has 118 valence electrons. The zero-order chi connectivity index (χ0) is 14.9. The third kappa shape index (κ3) is 4.99. The van der Waals surface area contributed by atoms with Gasteiger partial charge in [-0.1, -0.05) is 19.1 Å². The Bertz CT molecular complexity index is 422. The summed E-state index contributed by atoms with van der Waals surface area (Å²) in [6.45, 7) is 6.09. The number of ether oxygens (including phenoxy) is 3. The van der Waals surface area contributed by atoms with Crippen LogP contribution in [0.1, 0.15) is 36.9 Å². The van der Waals surface area contributed by atoms with Crippen molar-refractivity contribution in [2.45, 2.75) is 32.2 Å². The second-order valence-electron chi connectivity index (χ2n) is 5.37. The maximum Gasteiger partial charge on any atom is 0.122 e. The van der Waals surface area contributed by atoms with Gasteiger partial charge in [-0.2, -0.15) is 0 Å². The maximum atomic E-state index is 5.61. The quantitative estimate of drug-likeness (QED) is 0.673. The Morgan fingerprint density at radius 2 is 2.19 bits per heavy atom. The van der Waals surface area contributed by atoms with Crippen LogP contribution in [-0.4, -0.2) is 40.1 Å². The number of hydrogen-bond donors (Lipinski definition) is 1. The largest absolute Gasteiger partial charge is 0.493 e. The summed E-state index contributed by atoms with van der Waals surface area (Å²) >= 11 is 0. The van der Waals surface area contributed by atoms with Crippen LogP contribution in [0.5, 0.6) is 5.75 Å². The first-order chi connectivity index (χ1) is 10.3. The van der Waals surface area contributed by atoms with E-state index in [9.17, 15) is 0 Å². The Kier molecular flexibility index (Phi) is 7.00. The molecule has 1 aromatic carbocycles. The highest BCUT2D eigenvalue weighted by Gasteiger charge is 2.16. The Morgan fingerprint density at radius 3 is 3.00 bits per heavy atom. The smallest absolute Gasteiger partial charge is 0.122 e. The number of nitrogens with one attached hydrogen (secondary N) is 1. The van der Waals surface area contributed by atoms with Gasteiger partial charge in [0.05, 0.1) is 19.8 Å². The summed E-state index contributed by atoms with van der Waals surface area (Å²) in [4.78, 5) is 0. The average molecular weight is 293 g/mol. The van der Waals surface area contributed by atoms with Gasteiger partial charge in [-0.25, -0.2) is 0 Å². The van der Waals surface area contributed by atoms with Crippen LogP contribution in [0.25, 0.3) is 0 Å². The number of hydrogen-bond acceptors (Lipinski definition) is 4. The number of fused-ring (bicyclic) bond motifs is 1. The molecular weight excluding hydrogens is 266 g/mol. The Labute approximate surface area is 127 Å². The highest BCUT2D eigenvalue weighted by Crippen LogP contribution is 2.29. The van der Waals surface area contributed by atoms with Crippen molar-refractivity contribution in [1.29, 1.82) is 0 Å². The molecule has 0 fully saturated rings. The van der Waals surface area contributed by atoms with E-state index in [-0.39, 0.29) is 0 Å². The van der Waals surface area contributed by atoms with Gasteiger partial charge in [-0.3, -0.25) is 0 Å². The normalized spacial score (nSPS) is 14.8. The fraction of sp³-hybridized carbons (Fsp3) is 0.647. The second-order valence-corrected chi connectivity index (χ2v) is 5.37. The van der Waals surface area contributed by atoms with Crippen LogP contribution < -0.4 is 10.1 Å².